The SMILES string of the molecule is CC(=O)[C@@]1(O)CC[C@H]2C3=CC=C4CC(OP(=O)(O)OCC[NH3+])CC[C@]4(C)[C@H]3CC[C@@]21C. The molecule has 7 atom stereocenters. The van der Waals surface area contributed by atoms with E-state index in [1.54, 1.807) is 0 Å². The van der Waals surface area contributed by atoms with E-state index < -0.39 is 18.8 Å². The minimum atomic E-state index is -4.07. The third-order valence-corrected chi connectivity index (χ3v) is 10.0. The van der Waals surface area contributed by atoms with Gasteiger partial charge in [-0.2, -0.15) is 0 Å². The molecule has 0 aromatic carbocycles. The van der Waals surface area contributed by atoms with E-state index in [2.05, 4.69) is 31.7 Å². The van der Waals surface area contributed by atoms with Crippen LogP contribution in [0.2, 0.25) is 0 Å². The molecule has 0 aromatic heterocycles. The molecule has 3 fully saturated rings. The zero-order valence-corrected chi connectivity index (χ0v) is 19.8. The number of phosphoric ester groups is 1. The van der Waals surface area contributed by atoms with Crippen LogP contribution in [0.1, 0.15) is 65.7 Å². The third-order valence-electron chi connectivity index (χ3n) is 8.94. The smallest absolute Gasteiger partial charge is 0.381 e. The predicted molar refractivity (Wildman–Crippen MR) is 116 cm³/mol. The first-order valence-electron chi connectivity index (χ1n) is 11.6. The second kappa shape index (κ2) is 7.89. The minimum Gasteiger partial charge on any atom is -0.381 e. The molecule has 0 spiro atoms. The van der Waals surface area contributed by atoms with Gasteiger partial charge in [0.25, 0.3) is 0 Å². The number of hydrogen-bond donors (Lipinski definition) is 3. The molecule has 0 saturated heterocycles. The molecule has 4 aliphatic rings. The Hall–Kier alpha value is -0.820. The molecular weight excluding hydrogens is 417 g/mol. The lowest BCUT2D eigenvalue weighted by atomic mass is 9.50. The zero-order valence-electron chi connectivity index (χ0n) is 18.9. The molecule has 3 saturated carbocycles. The maximum atomic E-state index is 12.3. The van der Waals surface area contributed by atoms with E-state index in [1.807, 2.05) is 0 Å². The van der Waals surface area contributed by atoms with Crippen LogP contribution in [0.25, 0.3) is 0 Å². The molecule has 0 amide bonds. The first-order valence-corrected chi connectivity index (χ1v) is 13.1. The van der Waals surface area contributed by atoms with Crippen molar-refractivity contribution in [3.05, 3.63) is 23.3 Å². The summed E-state index contributed by atoms with van der Waals surface area (Å²) in [6.45, 7) is 6.44. The lowest BCUT2D eigenvalue weighted by Gasteiger charge is -2.55. The van der Waals surface area contributed by atoms with Crippen molar-refractivity contribution in [1.82, 2.24) is 0 Å². The highest BCUT2D eigenvalue weighted by Crippen LogP contribution is 2.66. The number of aliphatic hydroxyl groups is 1. The van der Waals surface area contributed by atoms with Crippen molar-refractivity contribution in [1.29, 1.82) is 0 Å². The second-order valence-corrected chi connectivity index (χ2v) is 11.8. The Morgan fingerprint density at radius 2 is 1.90 bits per heavy atom. The van der Waals surface area contributed by atoms with Gasteiger partial charge >= 0.3 is 7.82 Å². The summed E-state index contributed by atoms with van der Waals surface area (Å²) in [6, 6.07) is 0. The summed E-state index contributed by atoms with van der Waals surface area (Å²) in [5.74, 6) is 0.489. The normalized spacial score (nSPS) is 43.7. The average molecular weight is 455 g/mol. The fourth-order valence-electron chi connectivity index (χ4n) is 7.06. The second-order valence-electron chi connectivity index (χ2n) is 10.4. The highest BCUT2D eigenvalue weighted by atomic mass is 31.2. The molecule has 5 N–H and O–H groups in total. The maximum absolute atomic E-state index is 12.3. The number of Topliss-reactive ketones (excluding diaryl/α,β-unsaturated/α-hetero) is 1. The molecule has 4 rings (SSSR count). The Morgan fingerprint density at radius 3 is 2.58 bits per heavy atom. The summed E-state index contributed by atoms with van der Waals surface area (Å²) < 4.78 is 22.6. The van der Waals surface area contributed by atoms with Crippen molar-refractivity contribution in [3.63, 3.8) is 0 Å². The van der Waals surface area contributed by atoms with Crippen molar-refractivity contribution in [3.8, 4) is 0 Å². The van der Waals surface area contributed by atoms with Crippen molar-refractivity contribution < 1.29 is 34.1 Å². The maximum Gasteiger partial charge on any atom is 0.472 e. The summed E-state index contributed by atoms with van der Waals surface area (Å²) >= 11 is 0. The molecule has 0 heterocycles. The van der Waals surface area contributed by atoms with Crippen LogP contribution in [0.4, 0.5) is 0 Å². The highest BCUT2D eigenvalue weighted by Gasteiger charge is 2.63. The van der Waals surface area contributed by atoms with Gasteiger partial charge in [0.1, 0.15) is 12.2 Å². The van der Waals surface area contributed by atoms with Crippen molar-refractivity contribution >= 4 is 13.6 Å². The van der Waals surface area contributed by atoms with E-state index in [0.717, 1.165) is 25.7 Å². The highest BCUT2D eigenvalue weighted by molar-refractivity contribution is 7.47. The number of carbonyl (C=O) groups excluding carboxylic acids is 1. The summed E-state index contributed by atoms with van der Waals surface area (Å²) in [5.41, 5.74) is 4.61. The lowest BCUT2D eigenvalue weighted by molar-refractivity contribution is -0.371. The quantitative estimate of drug-likeness (QED) is 0.531. The summed E-state index contributed by atoms with van der Waals surface area (Å²) in [7, 11) is -4.07. The Kier molecular flexibility index (Phi) is 5.94. The third kappa shape index (κ3) is 3.62. The Bertz CT molecular complexity index is 870. The van der Waals surface area contributed by atoms with Crippen LogP contribution >= 0.6 is 7.82 Å². The van der Waals surface area contributed by atoms with Gasteiger partial charge in [0.2, 0.25) is 0 Å². The molecule has 174 valence electrons. The summed E-state index contributed by atoms with van der Waals surface area (Å²) in [5, 5.41) is 11.2. The van der Waals surface area contributed by atoms with Gasteiger partial charge in [-0.3, -0.25) is 13.8 Å². The monoisotopic (exact) mass is 454 g/mol. The zero-order chi connectivity index (χ0) is 22.7. The number of carbonyl (C=O) groups is 1. The molecule has 0 radical (unpaired) electrons. The first-order chi connectivity index (χ1) is 14.5. The van der Waals surface area contributed by atoms with Gasteiger partial charge in [-0.15, -0.1) is 0 Å². The first kappa shape index (κ1) is 23.3. The number of hydrogen-bond acceptors (Lipinski definition) is 5. The van der Waals surface area contributed by atoms with Crippen LogP contribution in [0.15, 0.2) is 23.3 Å². The van der Waals surface area contributed by atoms with Crippen molar-refractivity contribution in [2.75, 3.05) is 13.2 Å². The van der Waals surface area contributed by atoms with Gasteiger partial charge in [0.15, 0.2) is 5.78 Å². The van der Waals surface area contributed by atoms with E-state index in [0.29, 0.717) is 31.7 Å². The topological polar surface area (TPSA) is 121 Å². The molecular formula is C23H37NO6P+. The van der Waals surface area contributed by atoms with Crippen LogP contribution in [-0.4, -0.2) is 40.6 Å². The Morgan fingerprint density at radius 1 is 1.19 bits per heavy atom. The fraction of sp³-hybridized carbons (Fsp3) is 0.783. The molecule has 8 heteroatoms. The number of ketones is 1. The summed E-state index contributed by atoms with van der Waals surface area (Å²) in [4.78, 5) is 22.3. The van der Waals surface area contributed by atoms with Gasteiger partial charge in [0, 0.05) is 5.41 Å². The molecule has 0 bridgehead atoms. The van der Waals surface area contributed by atoms with E-state index in [1.165, 1.54) is 18.1 Å². The Labute approximate surface area is 184 Å². The molecule has 4 aliphatic carbocycles. The van der Waals surface area contributed by atoms with Crippen LogP contribution in [0.3, 0.4) is 0 Å². The molecule has 31 heavy (non-hydrogen) atoms. The van der Waals surface area contributed by atoms with Gasteiger partial charge in [-0.1, -0.05) is 37.1 Å². The molecule has 7 nitrogen and oxygen atoms in total. The Balaban J connectivity index is 1.57. The van der Waals surface area contributed by atoms with Gasteiger partial charge in [0.05, 0.1) is 12.6 Å². The van der Waals surface area contributed by atoms with Crippen LogP contribution in [0.5, 0.6) is 0 Å². The van der Waals surface area contributed by atoms with Crippen molar-refractivity contribution in [2.24, 2.45) is 22.7 Å². The van der Waals surface area contributed by atoms with Crippen molar-refractivity contribution in [2.45, 2.75) is 77.4 Å². The lowest BCUT2D eigenvalue weighted by Crippen LogP contribution is -2.54. The van der Waals surface area contributed by atoms with Crippen LogP contribution in [0, 0.1) is 22.7 Å². The fourth-order valence-corrected chi connectivity index (χ4v) is 8.03. The number of quaternary nitrogens is 1. The van der Waals surface area contributed by atoms with Gasteiger partial charge < -0.3 is 15.7 Å². The number of fused-ring (bicyclic) bond motifs is 5. The molecule has 0 aromatic rings. The molecule has 0 aliphatic heterocycles. The van der Waals surface area contributed by atoms with Crippen LogP contribution < -0.4 is 5.73 Å². The number of allylic oxidation sites excluding steroid dienone is 3. The minimum absolute atomic E-state index is 0.0180. The molecule has 2 unspecified atom stereocenters. The van der Waals surface area contributed by atoms with E-state index >= 15 is 0 Å². The van der Waals surface area contributed by atoms with Crippen LogP contribution in [-0.2, 0) is 18.4 Å². The summed E-state index contributed by atoms with van der Waals surface area (Å²) in [6.07, 6.45) is 9.39. The van der Waals surface area contributed by atoms with E-state index in [9.17, 15) is 19.4 Å². The predicted octanol–water partition coefficient (Wildman–Crippen LogP) is 2.93. The number of phosphoric acid groups is 1. The number of rotatable bonds is 6. The van der Waals surface area contributed by atoms with Gasteiger partial charge in [-0.25, -0.2) is 4.57 Å². The average Bonchev–Trinajstić information content (AvgIpc) is 2.99. The van der Waals surface area contributed by atoms with Gasteiger partial charge in [-0.05, 0) is 69.1 Å². The van der Waals surface area contributed by atoms with E-state index in [4.69, 9.17) is 9.05 Å². The van der Waals surface area contributed by atoms with E-state index in [-0.39, 0.29) is 29.8 Å². The largest absolute Gasteiger partial charge is 0.472 e. The standard InChI is InChI=1S/C23H36NO6P/c1-15(25)23(26)11-8-20-18-5-4-16-14-17(30-31(27,28)29-13-12-24)6-9-21(16,2)19(18)7-10-22(20,23)3/h4-5,17,19-20,26H,6-14,24H2,1-3H3,(H,27,28)/p+1/t17?,19-,20-,21-,22-,23-/m0/s1.